The molecule has 46 heavy (non-hydrogen) atoms. The number of carbonyl (C=O) groups excluding carboxylic acids is 3. The smallest absolute Gasteiger partial charge is 0.415 e. The number of anilines is 2. The molecule has 1 aliphatic rings. The minimum atomic E-state index is -4.02. The summed E-state index contributed by atoms with van der Waals surface area (Å²) in [6, 6.07) is 20.8. The second-order valence-corrected chi connectivity index (χ2v) is 13.4. The third-order valence-corrected chi connectivity index (χ3v) is 9.18. The standard InChI is InChI=1S/C33H40N4O8S/c1-22(2)19-36(46(42,43)28-15-13-27(44-4)14-16-28)20-30(39)29(17-24-9-6-5-7-10-24)35-32(40)31-21-37(33(41)45-31)26-12-8-11-25(18-26)34-23(3)38/h5-16,18,22,29-31,39H,17,19-21H2,1-4H3,(H,34,38)(H,35,40)/t29-,30+,31-/m0/s1. The number of ether oxygens (including phenoxy) is 2. The van der Waals surface area contributed by atoms with E-state index in [9.17, 15) is 27.9 Å². The SMILES string of the molecule is COc1ccc(S(=O)(=O)N(CC(C)C)C[C@@H](O)[C@H](Cc2ccccc2)NC(=O)[C@@H]2CN(c3cccc(NC(C)=O)c3)C(=O)O2)cc1. The maximum absolute atomic E-state index is 13.7. The van der Waals surface area contributed by atoms with Crippen LogP contribution < -0.4 is 20.3 Å². The van der Waals surface area contributed by atoms with Crippen molar-refractivity contribution in [3.05, 3.63) is 84.4 Å². The Labute approximate surface area is 269 Å². The van der Waals surface area contributed by atoms with Gasteiger partial charge in [-0.15, -0.1) is 0 Å². The quantitative estimate of drug-likeness (QED) is 0.239. The predicted molar refractivity (Wildman–Crippen MR) is 173 cm³/mol. The van der Waals surface area contributed by atoms with Crippen molar-refractivity contribution >= 4 is 39.3 Å². The summed E-state index contributed by atoms with van der Waals surface area (Å²) < 4.78 is 39.2. The lowest BCUT2D eigenvalue weighted by molar-refractivity contribution is -0.129. The first-order valence-corrected chi connectivity index (χ1v) is 16.3. The van der Waals surface area contributed by atoms with Gasteiger partial charge in [-0.3, -0.25) is 14.5 Å². The summed E-state index contributed by atoms with van der Waals surface area (Å²) in [4.78, 5) is 39.1. The number of hydrogen-bond acceptors (Lipinski definition) is 8. The van der Waals surface area contributed by atoms with Crippen LogP contribution in [0.4, 0.5) is 16.2 Å². The Bertz CT molecular complexity index is 1620. The third-order valence-electron chi connectivity index (χ3n) is 7.33. The van der Waals surface area contributed by atoms with Crippen LogP contribution in [0.1, 0.15) is 26.3 Å². The largest absolute Gasteiger partial charge is 0.497 e. The van der Waals surface area contributed by atoms with Gasteiger partial charge in [0.05, 0.1) is 30.7 Å². The summed E-state index contributed by atoms with van der Waals surface area (Å²) in [6.45, 7) is 4.85. The van der Waals surface area contributed by atoms with Gasteiger partial charge in [0.15, 0.2) is 6.10 Å². The van der Waals surface area contributed by atoms with Crippen molar-refractivity contribution in [2.45, 2.75) is 50.3 Å². The monoisotopic (exact) mass is 652 g/mol. The molecule has 3 atom stereocenters. The Morgan fingerprint density at radius 1 is 1.04 bits per heavy atom. The van der Waals surface area contributed by atoms with Crippen LogP contribution in [-0.4, -0.2) is 80.7 Å². The Hall–Kier alpha value is -4.46. The number of amides is 3. The molecule has 1 heterocycles. The number of cyclic esters (lactones) is 1. The molecule has 1 saturated heterocycles. The van der Waals surface area contributed by atoms with Crippen LogP contribution in [0, 0.1) is 5.92 Å². The zero-order valence-corrected chi connectivity index (χ0v) is 27.1. The van der Waals surface area contributed by atoms with Gasteiger partial charge in [-0.25, -0.2) is 13.2 Å². The molecule has 0 aromatic heterocycles. The van der Waals surface area contributed by atoms with Crippen molar-refractivity contribution < 1.29 is 37.4 Å². The average Bonchev–Trinajstić information content (AvgIpc) is 3.42. The molecule has 1 aliphatic heterocycles. The van der Waals surface area contributed by atoms with Crippen molar-refractivity contribution in [3.8, 4) is 5.75 Å². The van der Waals surface area contributed by atoms with Crippen LogP contribution >= 0.6 is 0 Å². The molecule has 0 bridgehead atoms. The first-order valence-electron chi connectivity index (χ1n) is 14.9. The topological polar surface area (TPSA) is 155 Å². The maximum atomic E-state index is 13.7. The Kier molecular flexibility index (Phi) is 11.4. The highest BCUT2D eigenvalue weighted by molar-refractivity contribution is 7.89. The summed E-state index contributed by atoms with van der Waals surface area (Å²) in [6.07, 6.45) is -3.07. The summed E-state index contributed by atoms with van der Waals surface area (Å²) >= 11 is 0. The van der Waals surface area contributed by atoms with Crippen LogP contribution in [-0.2, 0) is 30.8 Å². The van der Waals surface area contributed by atoms with Gasteiger partial charge in [0.2, 0.25) is 15.9 Å². The van der Waals surface area contributed by atoms with Crippen LogP contribution in [0.5, 0.6) is 5.75 Å². The maximum Gasteiger partial charge on any atom is 0.415 e. The van der Waals surface area contributed by atoms with Crippen molar-refractivity contribution in [3.63, 3.8) is 0 Å². The van der Waals surface area contributed by atoms with E-state index >= 15 is 0 Å². The van der Waals surface area contributed by atoms with Gasteiger partial charge in [0.1, 0.15) is 5.75 Å². The molecule has 3 amide bonds. The molecule has 246 valence electrons. The first-order chi connectivity index (χ1) is 21.9. The van der Waals surface area contributed by atoms with E-state index in [0.717, 1.165) is 5.56 Å². The van der Waals surface area contributed by atoms with E-state index in [1.165, 1.54) is 35.4 Å². The molecule has 12 nitrogen and oxygen atoms in total. The lowest BCUT2D eigenvalue weighted by Crippen LogP contribution is -2.53. The fourth-order valence-electron chi connectivity index (χ4n) is 5.10. The Balaban J connectivity index is 1.54. The second kappa shape index (κ2) is 15.2. The number of nitrogens with one attached hydrogen (secondary N) is 2. The number of benzene rings is 3. The minimum absolute atomic E-state index is 0.0466. The molecular weight excluding hydrogens is 612 g/mol. The van der Waals surface area contributed by atoms with Gasteiger partial charge < -0.3 is 25.2 Å². The lowest BCUT2D eigenvalue weighted by atomic mass is 10.0. The van der Waals surface area contributed by atoms with E-state index in [1.807, 2.05) is 44.2 Å². The molecule has 3 N–H and O–H groups in total. The zero-order valence-electron chi connectivity index (χ0n) is 26.3. The normalized spacial score (nSPS) is 16.2. The summed E-state index contributed by atoms with van der Waals surface area (Å²) in [5.41, 5.74) is 1.72. The lowest BCUT2D eigenvalue weighted by Gasteiger charge is -2.31. The molecule has 3 aromatic carbocycles. The highest BCUT2D eigenvalue weighted by Gasteiger charge is 2.39. The summed E-state index contributed by atoms with van der Waals surface area (Å²) in [5.74, 6) is -0.463. The number of sulfonamides is 1. The van der Waals surface area contributed by atoms with Crippen molar-refractivity contribution in [1.82, 2.24) is 9.62 Å². The van der Waals surface area contributed by atoms with E-state index < -0.39 is 40.3 Å². The van der Waals surface area contributed by atoms with Crippen molar-refractivity contribution in [1.29, 1.82) is 0 Å². The van der Waals surface area contributed by atoms with Gasteiger partial charge in [0, 0.05) is 31.4 Å². The predicted octanol–water partition coefficient (Wildman–Crippen LogP) is 3.41. The van der Waals surface area contributed by atoms with E-state index in [0.29, 0.717) is 17.1 Å². The number of aliphatic hydroxyl groups excluding tert-OH is 1. The van der Waals surface area contributed by atoms with E-state index in [4.69, 9.17) is 9.47 Å². The van der Waals surface area contributed by atoms with E-state index in [1.54, 1.807) is 36.4 Å². The molecule has 0 aliphatic carbocycles. The Morgan fingerprint density at radius 3 is 2.37 bits per heavy atom. The molecule has 0 saturated carbocycles. The first kappa shape index (κ1) is 34.4. The molecule has 1 fully saturated rings. The van der Waals surface area contributed by atoms with Crippen molar-refractivity contribution in [2.24, 2.45) is 5.92 Å². The van der Waals surface area contributed by atoms with Crippen molar-refractivity contribution in [2.75, 3.05) is 37.0 Å². The Morgan fingerprint density at radius 2 is 1.74 bits per heavy atom. The van der Waals surface area contributed by atoms with Crippen LogP contribution in [0.25, 0.3) is 0 Å². The van der Waals surface area contributed by atoms with Crippen LogP contribution in [0.3, 0.4) is 0 Å². The van der Waals surface area contributed by atoms with Gasteiger partial charge >= 0.3 is 6.09 Å². The number of methoxy groups -OCH3 is 1. The number of carbonyl (C=O) groups is 3. The average molecular weight is 653 g/mol. The number of rotatable bonds is 14. The highest BCUT2D eigenvalue weighted by atomic mass is 32.2. The zero-order chi connectivity index (χ0) is 33.4. The summed E-state index contributed by atoms with van der Waals surface area (Å²) in [7, 11) is -2.53. The molecule has 4 rings (SSSR count). The molecule has 13 heteroatoms. The molecule has 0 unspecified atom stereocenters. The minimum Gasteiger partial charge on any atom is -0.497 e. The number of hydrogen-bond donors (Lipinski definition) is 3. The summed E-state index contributed by atoms with van der Waals surface area (Å²) in [5, 5.41) is 17.0. The molecule has 0 radical (unpaired) electrons. The van der Waals surface area contributed by atoms with Crippen LogP contribution in [0.15, 0.2) is 83.8 Å². The van der Waals surface area contributed by atoms with E-state index in [2.05, 4.69) is 10.6 Å². The molecule has 3 aromatic rings. The van der Waals surface area contributed by atoms with Gasteiger partial charge in [-0.1, -0.05) is 50.2 Å². The van der Waals surface area contributed by atoms with Crippen LogP contribution in [0.2, 0.25) is 0 Å². The van der Waals surface area contributed by atoms with E-state index in [-0.39, 0.29) is 42.8 Å². The van der Waals surface area contributed by atoms with Gasteiger partial charge in [-0.05, 0) is 60.4 Å². The molecular formula is C33H40N4O8S. The third kappa shape index (κ3) is 8.83. The number of nitrogens with zero attached hydrogens (tertiary/aromatic N) is 2. The molecule has 0 spiro atoms. The fourth-order valence-corrected chi connectivity index (χ4v) is 6.72. The fraction of sp³-hybridized carbons (Fsp3) is 0.364. The van der Waals surface area contributed by atoms with Gasteiger partial charge in [-0.2, -0.15) is 4.31 Å². The number of aliphatic hydroxyl groups is 1. The van der Waals surface area contributed by atoms with Gasteiger partial charge in [0.25, 0.3) is 5.91 Å². The second-order valence-electron chi connectivity index (χ2n) is 11.5. The highest BCUT2D eigenvalue weighted by Crippen LogP contribution is 2.26.